The van der Waals surface area contributed by atoms with E-state index >= 15 is 0 Å². The molecule has 0 radical (unpaired) electrons. The molecule has 0 aliphatic heterocycles. The third kappa shape index (κ3) is 7.20. The Labute approximate surface area is 131 Å². The number of hydrogen-bond acceptors (Lipinski definition) is 7. The normalized spacial score (nSPS) is 14.6. The molecule has 11 heteroatoms. The third-order valence-corrected chi connectivity index (χ3v) is 3.10. The number of thiol groups is 2. The van der Waals surface area contributed by atoms with Crippen LogP contribution < -0.4 is 16.4 Å². The third-order valence-electron chi connectivity index (χ3n) is 2.34. The predicted molar refractivity (Wildman–Crippen MR) is 79.4 cm³/mol. The molecule has 0 unspecified atom stereocenters. The second-order valence-electron chi connectivity index (χ2n) is 4.03. The maximum atomic E-state index is 11.8. The molecule has 0 saturated carbocycles. The molecule has 0 aromatic carbocycles. The summed E-state index contributed by atoms with van der Waals surface area (Å²) in [6, 6.07) is -3.67. The zero-order chi connectivity index (χ0) is 16.6. The highest BCUT2D eigenvalue weighted by molar-refractivity contribution is 7.80. The molecule has 0 saturated heterocycles. The highest BCUT2D eigenvalue weighted by Crippen LogP contribution is 1.97. The topological polar surface area (TPSA) is 159 Å². The Morgan fingerprint density at radius 1 is 0.952 bits per heavy atom. The van der Waals surface area contributed by atoms with E-state index in [-0.39, 0.29) is 11.5 Å². The molecule has 0 fully saturated rings. The number of carbonyl (C=O) groups excluding carboxylic acids is 2. The van der Waals surface area contributed by atoms with Crippen LogP contribution in [-0.4, -0.2) is 63.6 Å². The lowest BCUT2D eigenvalue weighted by Gasteiger charge is -2.20. The summed E-state index contributed by atoms with van der Waals surface area (Å²) in [7, 11) is 0. The van der Waals surface area contributed by atoms with Crippen molar-refractivity contribution in [2.24, 2.45) is 5.73 Å². The predicted octanol–water partition coefficient (Wildman–Crippen LogP) is -2.30. The molecule has 6 N–H and O–H groups in total. The molecule has 0 aromatic rings. The summed E-state index contributed by atoms with van der Waals surface area (Å²) >= 11 is 7.70. The van der Waals surface area contributed by atoms with E-state index in [0.29, 0.717) is 0 Å². The number of aliphatic carboxylic acids is 2. The van der Waals surface area contributed by atoms with Crippen molar-refractivity contribution < 1.29 is 29.4 Å². The van der Waals surface area contributed by atoms with Crippen molar-refractivity contribution in [1.29, 1.82) is 0 Å². The van der Waals surface area contributed by atoms with E-state index in [1.54, 1.807) is 0 Å². The molecule has 0 spiro atoms. The maximum absolute atomic E-state index is 11.8. The fraction of sp³-hybridized carbons (Fsp3) is 0.600. The number of carboxylic acid groups (broad SMARTS) is 2. The Balaban J connectivity index is 4.73. The summed E-state index contributed by atoms with van der Waals surface area (Å²) in [5.41, 5.74) is 5.42. The van der Waals surface area contributed by atoms with Gasteiger partial charge in [0.1, 0.15) is 12.1 Å². The summed E-state index contributed by atoms with van der Waals surface area (Å²) in [5, 5.41) is 21.7. The van der Waals surface area contributed by atoms with Gasteiger partial charge in [-0.3, -0.25) is 14.4 Å². The minimum absolute atomic E-state index is 0.0590. The number of carbonyl (C=O) groups is 4. The number of hydrogen-bond donors (Lipinski definition) is 7. The van der Waals surface area contributed by atoms with E-state index in [1.165, 1.54) is 0 Å². The lowest BCUT2D eigenvalue weighted by Crippen LogP contribution is -2.55. The first-order chi connectivity index (χ1) is 9.72. The van der Waals surface area contributed by atoms with Crippen LogP contribution in [0.4, 0.5) is 0 Å². The van der Waals surface area contributed by atoms with Crippen molar-refractivity contribution in [2.45, 2.75) is 24.5 Å². The van der Waals surface area contributed by atoms with Crippen LogP contribution >= 0.6 is 25.3 Å². The van der Waals surface area contributed by atoms with Crippen LogP contribution in [0.2, 0.25) is 0 Å². The standard InChI is InChI=1S/C10H17N3O6S2/c11-4(2-20)8(16)13-6(3-21)9(17)12-5(10(18)19)1-7(14)15/h4-6,20-21H,1-3,11H2,(H,12,17)(H,13,16)(H,14,15)(H,18,19)/t4-,5-,6-/m0/s1. The zero-order valence-corrected chi connectivity index (χ0v) is 12.6. The van der Waals surface area contributed by atoms with E-state index < -0.39 is 48.3 Å². The van der Waals surface area contributed by atoms with E-state index in [4.69, 9.17) is 15.9 Å². The van der Waals surface area contributed by atoms with Crippen molar-refractivity contribution in [3.8, 4) is 0 Å². The fourth-order valence-electron chi connectivity index (χ4n) is 1.20. The largest absolute Gasteiger partial charge is 0.481 e. The van der Waals surface area contributed by atoms with Crippen LogP contribution in [0.1, 0.15) is 6.42 Å². The number of carboxylic acids is 2. The summed E-state index contributed by atoms with van der Waals surface area (Å²) in [5.74, 6) is -4.45. The van der Waals surface area contributed by atoms with Gasteiger partial charge in [-0.2, -0.15) is 25.3 Å². The van der Waals surface area contributed by atoms with Crippen LogP contribution in [0.25, 0.3) is 0 Å². The molecule has 3 atom stereocenters. The van der Waals surface area contributed by atoms with Crippen LogP contribution in [0.5, 0.6) is 0 Å². The van der Waals surface area contributed by atoms with Gasteiger partial charge in [0, 0.05) is 11.5 Å². The van der Waals surface area contributed by atoms with Crippen LogP contribution in [0.15, 0.2) is 0 Å². The van der Waals surface area contributed by atoms with Crippen LogP contribution in [0, 0.1) is 0 Å². The van der Waals surface area contributed by atoms with Gasteiger partial charge in [-0.1, -0.05) is 0 Å². The van der Waals surface area contributed by atoms with Gasteiger partial charge in [0.2, 0.25) is 11.8 Å². The van der Waals surface area contributed by atoms with Crippen molar-refractivity contribution in [1.82, 2.24) is 10.6 Å². The Hall–Kier alpha value is -1.46. The molecular formula is C10H17N3O6S2. The van der Waals surface area contributed by atoms with Gasteiger partial charge >= 0.3 is 11.9 Å². The average molecular weight is 339 g/mol. The van der Waals surface area contributed by atoms with Crippen molar-refractivity contribution in [3.63, 3.8) is 0 Å². The Morgan fingerprint density at radius 2 is 1.48 bits per heavy atom. The van der Waals surface area contributed by atoms with Gasteiger partial charge in [-0.25, -0.2) is 4.79 Å². The average Bonchev–Trinajstić information content (AvgIpc) is 2.41. The lowest BCUT2D eigenvalue weighted by atomic mass is 10.2. The Kier molecular flexibility index (Phi) is 8.81. The molecule has 21 heavy (non-hydrogen) atoms. The molecule has 0 bridgehead atoms. The highest BCUT2D eigenvalue weighted by atomic mass is 32.1. The van der Waals surface area contributed by atoms with Crippen molar-refractivity contribution in [3.05, 3.63) is 0 Å². The van der Waals surface area contributed by atoms with Gasteiger partial charge in [-0.05, 0) is 0 Å². The number of nitrogens with one attached hydrogen (secondary N) is 2. The zero-order valence-electron chi connectivity index (χ0n) is 10.9. The lowest BCUT2D eigenvalue weighted by molar-refractivity contribution is -0.147. The molecule has 0 rings (SSSR count). The highest BCUT2D eigenvalue weighted by Gasteiger charge is 2.28. The van der Waals surface area contributed by atoms with Gasteiger partial charge in [-0.15, -0.1) is 0 Å². The monoisotopic (exact) mass is 339 g/mol. The Morgan fingerprint density at radius 3 is 1.86 bits per heavy atom. The molecule has 0 aliphatic carbocycles. The first kappa shape index (κ1) is 19.5. The summed E-state index contributed by atoms with van der Waals surface area (Å²) in [6.07, 6.45) is -0.787. The van der Waals surface area contributed by atoms with Gasteiger partial charge in [0.25, 0.3) is 0 Å². The smallest absolute Gasteiger partial charge is 0.326 e. The number of rotatable bonds is 9. The van der Waals surface area contributed by atoms with Gasteiger partial charge in [0.15, 0.2) is 0 Å². The van der Waals surface area contributed by atoms with E-state index in [2.05, 4.69) is 30.6 Å². The minimum atomic E-state index is -1.60. The second-order valence-corrected chi connectivity index (χ2v) is 4.76. The first-order valence-corrected chi connectivity index (χ1v) is 7.02. The molecular weight excluding hydrogens is 322 g/mol. The van der Waals surface area contributed by atoms with Gasteiger partial charge < -0.3 is 26.6 Å². The fourth-order valence-corrected chi connectivity index (χ4v) is 1.63. The van der Waals surface area contributed by atoms with E-state index in [0.717, 1.165) is 0 Å². The van der Waals surface area contributed by atoms with E-state index in [1.807, 2.05) is 5.32 Å². The maximum Gasteiger partial charge on any atom is 0.326 e. The molecule has 120 valence electrons. The quantitative estimate of drug-likeness (QED) is 0.233. The molecule has 0 aromatic heterocycles. The van der Waals surface area contributed by atoms with Crippen LogP contribution in [0.3, 0.4) is 0 Å². The first-order valence-electron chi connectivity index (χ1n) is 5.75. The summed E-state index contributed by atoms with van der Waals surface area (Å²) in [6.45, 7) is 0. The summed E-state index contributed by atoms with van der Waals surface area (Å²) in [4.78, 5) is 44.7. The molecule has 0 aliphatic rings. The minimum Gasteiger partial charge on any atom is -0.481 e. The van der Waals surface area contributed by atoms with Crippen LogP contribution in [-0.2, 0) is 19.2 Å². The van der Waals surface area contributed by atoms with E-state index in [9.17, 15) is 19.2 Å². The Bertz CT molecular complexity index is 420. The van der Waals surface area contributed by atoms with Gasteiger partial charge in [0.05, 0.1) is 12.5 Å². The van der Waals surface area contributed by atoms with Crippen molar-refractivity contribution in [2.75, 3.05) is 11.5 Å². The molecule has 2 amide bonds. The molecule has 0 heterocycles. The van der Waals surface area contributed by atoms with Crippen molar-refractivity contribution >= 4 is 49.0 Å². The number of amides is 2. The molecule has 9 nitrogen and oxygen atoms in total. The second kappa shape index (κ2) is 9.47. The summed E-state index contributed by atoms with van der Waals surface area (Å²) < 4.78 is 0. The SMILES string of the molecule is N[C@@H](CS)C(=O)N[C@@H](CS)C(=O)N[C@@H](CC(=O)O)C(=O)O. The number of nitrogens with two attached hydrogens (primary N) is 1.